The van der Waals surface area contributed by atoms with E-state index in [1.165, 1.54) is 78.8 Å². The molecule has 0 saturated carbocycles. The van der Waals surface area contributed by atoms with Crippen LogP contribution in [0.2, 0.25) is 0 Å². The molecule has 710 valence electrons. The molecule has 5 rings (SSSR count). The molecule has 2 heterocycles. The van der Waals surface area contributed by atoms with Crippen LogP contribution < -0.4 is 72.5 Å². The van der Waals surface area contributed by atoms with E-state index in [0.717, 1.165) is 11.3 Å². The van der Waals surface area contributed by atoms with Gasteiger partial charge in [0.05, 0.1) is 42.6 Å². The number of rotatable bonds is 54. The highest BCUT2D eigenvalue weighted by atomic mass is 32.2. The van der Waals surface area contributed by atoms with Crippen LogP contribution in [0.3, 0.4) is 0 Å². The summed E-state index contributed by atoms with van der Waals surface area (Å²) in [6.07, 6.45) is -2.45. The molecule has 128 heavy (non-hydrogen) atoms. The summed E-state index contributed by atoms with van der Waals surface area (Å²) in [6.45, 7) is 0.566. The summed E-state index contributed by atoms with van der Waals surface area (Å²) in [5.74, 6) is -16.0. The largest absolute Gasteiger partial charge is 0.494 e. The smallest absolute Gasteiger partial charge is 0.323 e. The second-order valence-corrected chi connectivity index (χ2v) is 36.0. The van der Waals surface area contributed by atoms with Crippen molar-refractivity contribution in [2.75, 3.05) is 148 Å². The summed E-state index contributed by atoms with van der Waals surface area (Å²) in [5, 5.41) is 79.2. The quantitative estimate of drug-likeness (QED) is 0.00846. The second-order valence-electron chi connectivity index (χ2n) is 29.7. The number of aliphatic hydroxyl groups excluding tert-OH is 1. The van der Waals surface area contributed by atoms with Crippen molar-refractivity contribution in [1.29, 1.82) is 0 Å². The van der Waals surface area contributed by atoms with Gasteiger partial charge in [0.25, 0.3) is 26.1 Å². The van der Waals surface area contributed by atoms with Gasteiger partial charge in [0, 0.05) is 129 Å². The topological polar surface area (TPSA) is 723 Å². The number of pyridine rings is 1. The number of aliphatic carboxylic acids is 4. The van der Waals surface area contributed by atoms with E-state index in [1.807, 2.05) is 10.8 Å². The van der Waals surface area contributed by atoms with Gasteiger partial charge >= 0.3 is 23.9 Å². The molecular formula is C76H111N17O31S4. The Morgan fingerprint density at radius 3 is 1.33 bits per heavy atom. The number of β-amino-alcohol motifs (C(OH)–C–C–N with tert-alkyl or cyclic N) is 2. The van der Waals surface area contributed by atoms with E-state index in [2.05, 4.69) is 57.6 Å². The van der Waals surface area contributed by atoms with Crippen molar-refractivity contribution in [2.24, 2.45) is 0 Å². The Balaban J connectivity index is 1.21. The van der Waals surface area contributed by atoms with E-state index in [4.69, 9.17) is 15.2 Å². The Labute approximate surface area is 737 Å². The van der Waals surface area contributed by atoms with Gasteiger partial charge in [-0.1, -0.05) is 18.2 Å². The van der Waals surface area contributed by atoms with E-state index in [1.54, 1.807) is 29.2 Å². The number of benzene rings is 3. The van der Waals surface area contributed by atoms with Gasteiger partial charge in [-0.25, -0.2) is 21.8 Å². The number of carbonyl (C=O) groups is 13. The molecule has 52 heteroatoms. The number of aliphatic hydroxyl groups is 2. The fraction of sp³-hybridized carbons (Fsp3) is 0.526. The molecule has 1 aliphatic rings. The molecule has 21 N–H and O–H groups in total. The van der Waals surface area contributed by atoms with E-state index < -0.39 is 218 Å². The number of hydrogen-bond donors (Lipinski definition) is 20. The lowest BCUT2D eigenvalue weighted by molar-refractivity contribution is -0.139. The number of carboxylic acids is 4. The van der Waals surface area contributed by atoms with Crippen LogP contribution >= 0.6 is 0 Å². The van der Waals surface area contributed by atoms with Crippen LogP contribution in [-0.4, -0.2) is 355 Å². The lowest BCUT2D eigenvalue weighted by Crippen LogP contribution is -2.57. The zero-order valence-electron chi connectivity index (χ0n) is 70.5. The van der Waals surface area contributed by atoms with Crippen molar-refractivity contribution in [3.63, 3.8) is 0 Å². The first kappa shape index (κ1) is 107. The molecule has 1 saturated heterocycles. The van der Waals surface area contributed by atoms with Gasteiger partial charge in [0.2, 0.25) is 67.8 Å². The molecule has 0 spiro atoms. The lowest BCUT2D eigenvalue weighted by atomic mass is 10.1. The Morgan fingerprint density at radius 2 is 0.906 bits per heavy atom. The second kappa shape index (κ2) is 52.3. The number of anilines is 1. The van der Waals surface area contributed by atoms with Gasteiger partial charge < -0.3 is 93.7 Å². The Morgan fingerprint density at radius 1 is 0.484 bits per heavy atom. The Kier molecular flexibility index (Phi) is 43.8. The molecule has 1 aromatic heterocycles. The maximum Gasteiger partial charge on any atom is 0.323 e. The van der Waals surface area contributed by atoms with Gasteiger partial charge in [-0.3, -0.25) is 91.0 Å². The highest BCUT2D eigenvalue weighted by Crippen LogP contribution is 2.28. The number of nitrogen functional groups attached to an aromatic ring is 1. The molecule has 48 nitrogen and oxygen atoms in total. The minimum absolute atomic E-state index is 0.0176. The first-order valence-electron chi connectivity index (χ1n) is 39.9. The highest BCUT2D eigenvalue weighted by Gasteiger charge is 2.35. The number of ether oxygens (including phenoxy) is 2. The van der Waals surface area contributed by atoms with E-state index in [-0.39, 0.29) is 166 Å². The third-order valence-electron chi connectivity index (χ3n) is 19.1. The van der Waals surface area contributed by atoms with Crippen molar-refractivity contribution < 1.29 is 145 Å². The van der Waals surface area contributed by atoms with Gasteiger partial charge in [-0.15, -0.1) is 0 Å². The van der Waals surface area contributed by atoms with E-state index >= 15 is 0 Å². The van der Waals surface area contributed by atoms with Crippen LogP contribution in [0.4, 0.5) is 5.82 Å². The predicted molar refractivity (Wildman–Crippen MR) is 453 cm³/mol. The van der Waals surface area contributed by atoms with Crippen LogP contribution in [0.15, 0.2) is 76.5 Å². The van der Waals surface area contributed by atoms with Gasteiger partial charge in [-0.2, -0.15) is 26.3 Å². The van der Waals surface area contributed by atoms with Crippen LogP contribution in [0, 0.1) is 27.7 Å². The summed E-state index contributed by atoms with van der Waals surface area (Å²) >= 11 is 0. The molecular weight excluding hydrogens is 1780 g/mol. The third kappa shape index (κ3) is 40.4. The van der Waals surface area contributed by atoms with Crippen LogP contribution in [0.25, 0.3) is 0 Å². The SMILES string of the molecule is Cc1cc(OCCCC(=O)NCCNC(=O)C(CS(=O)(=O)O)NC(=O)CCC(NC(=O)CN2CCN(CC(=O)O)CCN(CC(O)O)CCN(CC(=O)O)CC2)C(=O)NC(CS(=O)(=O)O)C(=O)NCCNC(=O)CCCOc2cc(C)c(S(=O)(=O)NC(CNC(=O)c3ccc(CCc4cccc(N)n4)cc3)C(=O)O)c(C)c2)cc(C)c1S(=O)(=O)NC(CNC=O)C(=O)O. The summed E-state index contributed by atoms with van der Waals surface area (Å²) in [4.78, 5) is 177. The zero-order chi connectivity index (χ0) is 95.2. The van der Waals surface area contributed by atoms with Crippen LogP contribution in [0.5, 0.6) is 11.5 Å². The van der Waals surface area contributed by atoms with Crippen molar-refractivity contribution in [3.05, 3.63) is 106 Å². The number of aromatic nitrogens is 1. The number of nitrogens with one attached hydrogen (secondary N) is 11. The molecule has 9 amide bonds. The normalized spacial score (nSPS) is 14.7. The van der Waals surface area contributed by atoms with Gasteiger partial charge in [-0.05, 0) is 136 Å². The minimum atomic E-state index is -5.20. The van der Waals surface area contributed by atoms with Gasteiger partial charge in [0.15, 0.2) is 6.29 Å². The maximum absolute atomic E-state index is 14.4. The number of amides is 9. The van der Waals surface area contributed by atoms with Crippen molar-refractivity contribution >= 4 is 124 Å². The Bertz CT molecular complexity index is 4940. The average Bonchev–Trinajstić information content (AvgIpc) is 0.793. The first-order chi connectivity index (χ1) is 60.1. The molecule has 1 aliphatic heterocycles. The molecule has 1 fully saturated rings. The van der Waals surface area contributed by atoms with Gasteiger partial charge in [0.1, 0.15) is 59.0 Å². The third-order valence-corrected chi connectivity index (χ3v) is 24.2. The maximum atomic E-state index is 14.4. The van der Waals surface area contributed by atoms with E-state index in [0.29, 0.717) is 18.7 Å². The number of nitrogens with two attached hydrogens (primary N) is 1. The first-order valence-corrected chi connectivity index (χ1v) is 46.1. The van der Waals surface area contributed by atoms with Crippen LogP contribution in [-0.2, 0) is 111 Å². The average molecular weight is 1890 g/mol. The summed E-state index contributed by atoms with van der Waals surface area (Å²) in [7, 11) is -19.3. The molecule has 5 unspecified atom stereocenters. The minimum Gasteiger partial charge on any atom is -0.494 e. The van der Waals surface area contributed by atoms with Crippen molar-refractivity contribution in [1.82, 2.24) is 81.9 Å². The van der Waals surface area contributed by atoms with Crippen molar-refractivity contribution in [2.45, 2.75) is 125 Å². The number of sulfonamides is 2. The highest BCUT2D eigenvalue weighted by molar-refractivity contribution is 7.90. The number of carboxylic acid groups (broad SMARTS) is 4. The van der Waals surface area contributed by atoms with E-state index in [9.17, 15) is 136 Å². The molecule has 5 atom stereocenters. The number of nitrogens with zero attached hydrogens (tertiary/aromatic N) is 5. The van der Waals surface area contributed by atoms with Crippen molar-refractivity contribution in [3.8, 4) is 11.5 Å². The summed E-state index contributed by atoms with van der Waals surface area (Å²) in [5.41, 5.74) is 8.22. The molecule has 3 aromatic carbocycles. The number of hydrogen-bond acceptors (Lipinski definition) is 31. The number of aryl methyl sites for hydroxylation is 6. The fourth-order valence-corrected chi connectivity index (χ4v) is 17.7. The lowest BCUT2D eigenvalue weighted by Gasteiger charge is -2.33. The summed E-state index contributed by atoms with van der Waals surface area (Å²) in [6, 6.07) is 7.42. The molecule has 0 radical (unpaired) electrons. The Hall–Kier alpha value is -11.3. The standard InChI is InChI=1S/C76H111N17O31S4/c1-47-34-54(35-48(2)69(47)127(119,120)88-57(75(109)110)38-78-46-94)123-32-6-10-62(95)79-20-22-81-72(106)59(44-125(113,114)115)86-64(97)19-18-56(85-65(98)40-90-24-26-91(41-66(99)100)28-30-93(43-68(103)104)31-29-92(27-25-90)42-67(101)102)74(108)87-60(45-126(116,117)118)73(107)82-23-21-80-63(96)11-7-33-124-55-36-49(3)70(50(4)37-55)128(121,122)89-58(76(111)112)39-83-71(105)52-15-12-51(13-16-52)14-17-53-8-5-9-61(77)84-53/h5,8-9,12-13,15-16,34-37,46,56-60,68,88-89,103-104H,6-7,10-11,14,17-33,38-45H2,1-4H3,(H2,77,84)(H,78,94)(H,79,95)(H,80,96)(H,81,106)(H,82,107)(H,83,105)(H,85,98)(H,86,97)(H,87,108)(H,99,100)(H,101,102)(H,109,110)(H,111,112)(H,113,114,115)(H,116,117,118). The monoisotopic (exact) mass is 1890 g/mol. The predicted octanol–water partition coefficient (Wildman–Crippen LogP) is -6.48. The van der Waals surface area contributed by atoms with Crippen LogP contribution in [0.1, 0.15) is 82.4 Å². The molecule has 0 aliphatic carbocycles. The zero-order valence-corrected chi connectivity index (χ0v) is 73.8. The summed E-state index contributed by atoms with van der Waals surface area (Å²) < 4.78 is 139. The molecule has 4 aromatic rings. The number of carbonyl (C=O) groups excluding carboxylic acids is 9. The molecule has 0 bridgehead atoms. The fourth-order valence-electron chi connectivity index (χ4n) is 13.1.